The highest BCUT2D eigenvalue weighted by molar-refractivity contribution is 6.29. The molecular weight excluding hydrogens is 194 g/mol. The predicted octanol–water partition coefficient (Wildman–Crippen LogP) is 3.65. The van der Waals surface area contributed by atoms with E-state index in [1.807, 2.05) is 0 Å². The Labute approximate surface area is 80.8 Å². The van der Waals surface area contributed by atoms with Crippen molar-refractivity contribution in [2.45, 2.75) is 12.8 Å². The van der Waals surface area contributed by atoms with Crippen LogP contribution in [0.4, 0.5) is 8.78 Å². The molecule has 0 unspecified atom stereocenters. The molecule has 0 radical (unpaired) electrons. The molecule has 13 heavy (non-hydrogen) atoms. The predicted molar refractivity (Wildman–Crippen MR) is 49.7 cm³/mol. The van der Waals surface area contributed by atoms with Gasteiger partial charge in [-0.15, -0.1) is 0 Å². The first kappa shape index (κ1) is 10.2. The van der Waals surface area contributed by atoms with Crippen molar-refractivity contribution in [1.29, 1.82) is 0 Å². The molecule has 0 aliphatic carbocycles. The fourth-order valence-electron chi connectivity index (χ4n) is 1.03. The van der Waals surface area contributed by atoms with Gasteiger partial charge in [0, 0.05) is 10.6 Å². The molecule has 0 heterocycles. The van der Waals surface area contributed by atoms with E-state index in [1.165, 1.54) is 18.2 Å². The Kier molecular flexibility index (Phi) is 3.43. The molecule has 0 aliphatic heterocycles. The summed E-state index contributed by atoms with van der Waals surface area (Å²) in [7, 11) is 0. The summed E-state index contributed by atoms with van der Waals surface area (Å²) < 4.78 is 26.0. The Balaban J connectivity index is 2.81. The maximum atomic E-state index is 13.0. The van der Waals surface area contributed by atoms with Gasteiger partial charge in [0.2, 0.25) is 0 Å². The minimum Gasteiger partial charge on any atom is -0.207 e. The smallest absolute Gasteiger partial charge is 0.129 e. The summed E-state index contributed by atoms with van der Waals surface area (Å²) in [4.78, 5) is 0. The van der Waals surface area contributed by atoms with Gasteiger partial charge in [-0.3, -0.25) is 0 Å². The molecule has 0 spiro atoms. The van der Waals surface area contributed by atoms with Gasteiger partial charge < -0.3 is 0 Å². The molecule has 0 atom stereocenters. The Bertz CT molecular complexity index is 300. The number of hydrogen-bond acceptors (Lipinski definition) is 0. The van der Waals surface area contributed by atoms with Crippen LogP contribution >= 0.6 is 11.6 Å². The van der Waals surface area contributed by atoms with Gasteiger partial charge in [-0.1, -0.05) is 24.2 Å². The van der Waals surface area contributed by atoms with Gasteiger partial charge in [0.15, 0.2) is 0 Å². The van der Waals surface area contributed by atoms with Crippen molar-refractivity contribution >= 4 is 11.6 Å². The van der Waals surface area contributed by atoms with E-state index in [1.54, 1.807) is 0 Å². The summed E-state index contributed by atoms with van der Waals surface area (Å²) in [6.45, 7) is 3.45. The van der Waals surface area contributed by atoms with Crippen LogP contribution in [0.3, 0.4) is 0 Å². The average molecular weight is 203 g/mol. The largest absolute Gasteiger partial charge is 0.207 e. The fourth-order valence-corrected chi connectivity index (χ4v) is 1.13. The van der Waals surface area contributed by atoms with E-state index in [-0.39, 0.29) is 12.0 Å². The molecule has 1 aromatic carbocycles. The lowest BCUT2D eigenvalue weighted by Crippen LogP contribution is -1.95. The van der Waals surface area contributed by atoms with Crippen molar-refractivity contribution in [2.75, 3.05) is 0 Å². The first-order chi connectivity index (χ1) is 6.11. The summed E-state index contributed by atoms with van der Waals surface area (Å²) in [5.41, 5.74) is 0.0734. The molecule has 1 rings (SSSR count). The van der Waals surface area contributed by atoms with E-state index >= 15 is 0 Å². The SMILES string of the molecule is C=C(Cl)CCc1c(F)cccc1F. The Morgan fingerprint density at radius 3 is 2.31 bits per heavy atom. The third-order valence-electron chi connectivity index (χ3n) is 1.71. The van der Waals surface area contributed by atoms with E-state index in [2.05, 4.69) is 6.58 Å². The van der Waals surface area contributed by atoms with Gasteiger partial charge in [-0.25, -0.2) is 8.78 Å². The molecule has 0 amide bonds. The molecule has 0 fully saturated rings. The lowest BCUT2D eigenvalue weighted by atomic mass is 10.1. The van der Waals surface area contributed by atoms with Crippen molar-refractivity contribution in [3.05, 3.63) is 47.0 Å². The Morgan fingerprint density at radius 1 is 1.31 bits per heavy atom. The van der Waals surface area contributed by atoms with Gasteiger partial charge >= 0.3 is 0 Å². The van der Waals surface area contributed by atoms with Crippen LogP contribution < -0.4 is 0 Å². The maximum Gasteiger partial charge on any atom is 0.129 e. The highest BCUT2D eigenvalue weighted by atomic mass is 35.5. The maximum absolute atomic E-state index is 13.0. The molecule has 0 nitrogen and oxygen atoms in total. The minimum atomic E-state index is -0.530. The van der Waals surface area contributed by atoms with Crippen LogP contribution in [0.1, 0.15) is 12.0 Å². The van der Waals surface area contributed by atoms with Crippen LogP contribution in [0, 0.1) is 11.6 Å². The number of allylic oxidation sites excluding steroid dienone is 1. The lowest BCUT2D eigenvalue weighted by Gasteiger charge is -2.02. The quantitative estimate of drug-likeness (QED) is 0.702. The Morgan fingerprint density at radius 2 is 1.85 bits per heavy atom. The topological polar surface area (TPSA) is 0 Å². The summed E-state index contributed by atoms with van der Waals surface area (Å²) >= 11 is 5.49. The van der Waals surface area contributed by atoms with Gasteiger partial charge in [0.1, 0.15) is 11.6 Å². The normalized spacial score (nSPS) is 10.1. The van der Waals surface area contributed by atoms with Gasteiger partial charge in [-0.05, 0) is 25.0 Å². The van der Waals surface area contributed by atoms with Crippen molar-refractivity contribution < 1.29 is 8.78 Å². The van der Waals surface area contributed by atoms with Crippen LogP contribution in [0.5, 0.6) is 0 Å². The molecule has 70 valence electrons. The zero-order valence-corrected chi connectivity index (χ0v) is 7.74. The number of hydrogen-bond donors (Lipinski definition) is 0. The van der Waals surface area contributed by atoms with Crippen molar-refractivity contribution in [1.82, 2.24) is 0 Å². The first-order valence-corrected chi connectivity index (χ1v) is 4.25. The molecule has 0 bridgehead atoms. The second-order valence-corrected chi connectivity index (χ2v) is 3.25. The van der Waals surface area contributed by atoms with Crippen LogP contribution in [0.2, 0.25) is 0 Å². The van der Waals surface area contributed by atoms with Gasteiger partial charge in [-0.2, -0.15) is 0 Å². The molecular formula is C10H9ClF2. The highest BCUT2D eigenvalue weighted by Gasteiger charge is 2.07. The molecule has 0 saturated heterocycles. The summed E-state index contributed by atoms with van der Waals surface area (Å²) in [6, 6.07) is 3.80. The second-order valence-electron chi connectivity index (χ2n) is 2.72. The number of benzene rings is 1. The Hall–Kier alpha value is -0.890. The lowest BCUT2D eigenvalue weighted by molar-refractivity contribution is 0.555. The van der Waals surface area contributed by atoms with E-state index in [0.717, 1.165) is 0 Å². The van der Waals surface area contributed by atoms with Gasteiger partial charge in [0.25, 0.3) is 0 Å². The summed E-state index contributed by atoms with van der Waals surface area (Å²) in [5, 5.41) is 0.405. The zero-order valence-electron chi connectivity index (χ0n) is 6.99. The molecule has 0 aromatic heterocycles. The molecule has 1 aromatic rings. The number of rotatable bonds is 3. The van der Waals surface area contributed by atoms with E-state index in [4.69, 9.17) is 11.6 Å². The van der Waals surface area contributed by atoms with E-state index in [0.29, 0.717) is 11.5 Å². The summed E-state index contributed by atoms with van der Waals surface area (Å²) in [5.74, 6) is -1.06. The van der Waals surface area contributed by atoms with Crippen molar-refractivity contribution in [2.24, 2.45) is 0 Å². The standard InChI is InChI=1S/C10H9ClF2/c1-7(11)5-6-8-9(12)3-2-4-10(8)13/h2-4H,1,5-6H2. The van der Waals surface area contributed by atoms with Crippen LogP contribution in [-0.2, 0) is 6.42 Å². The van der Waals surface area contributed by atoms with Crippen LogP contribution in [0.15, 0.2) is 29.8 Å². The zero-order chi connectivity index (χ0) is 9.84. The van der Waals surface area contributed by atoms with Crippen molar-refractivity contribution in [3.8, 4) is 0 Å². The first-order valence-electron chi connectivity index (χ1n) is 3.87. The monoisotopic (exact) mass is 202 g/mol. The fraction of sp³-hybridized carbons (Fsp3) is 0.200. The van der Waals surface area contributed by atoms with Gasteiger partial charge in [0.05, 0.1) is 0 Å². The van der Waals surface area contributed by atoms with Crippen LogP contribution in [0.25, 0.3) is 0 Å². The molecule has 0 aliphatic rings. The minimum absolute atomic E-state index is 0.0734. The molecule has 0 saturated carbocycles. The second kappa shape index (κ2) is 4.38. The third-order valence-corrected chi connectivity index (χ3v) is 1.90. The highest BCUT2D eigenvalue weighted by Crippen LogP contribution is 2.16. The molecule has 0 N–H and O–H groups in total. The van der Waals surface area contributed by atoms with Crippen molar-refractivity contribution in [3.63, 3.8) is 0 Å². The average Bonchev–Trinajstić information content (AvgIpc) is 2.03. The van der Waals surface area contributed by atoms with E-state index in [9.17, 15) is 8.78 Å². The number of halogens is 3. The summed E-state index contributed by atoms with van der Waals surface area (Å²) in [6.07, 6.45) is 0.639. The third kappa shape index (κ3) is 2.81. The van der Waals surface area contributed by atoms with Crippen LogP contribution in [-0.4, -0.2) is 0 Å². The molecule has 3 heteroatoms. The van der Waals surface area contributed by atoms with E-state index < -0.39 is 11.6 Å².